The van der Waals surface area contributed by atoms with E-state index in [4.69, 9.17) is 9.72 Å². The fourth-order valence-electron chi connectivity index (χ4n) is 3.68. The van der Waals surface area contributed by atoms with Crippen LogP contribution in [0.15, 0.2) is 54.6 Å². The van der Waals surface area contributed by atoms with Crippen molar-refractivity contribution < 1.29 is 14.2 Å². The molecule has 0 bridgehead atoms. The molecule has 2 heterocycles. The molecule has 0 unspecified atom stereocenters. The molecule has 4 rings (SSSR count). The number of aromatic nitrogens is 1. The molecule has 0 saturated carbocycles. The Morgan fingerprint density at radius 1 is 1.15 bits per heavy atom. The second kappa shape index (κ2) is 7.92. The second-order valence-electron chi connectivity index (χ2n) is 7.04. The number of ether oxygens (including phenoxy) is 1. The van der Waals surface area contributed by atoms with Gasteiger partial charge in [-0.15, -0.1) is 0 Å². The Hall–Kier alpha value is -2.66. The van der Waals surface area contributed by atoms with Crippen LogP contribution in [0.2, 0.25) is 0 Å². The van der Waals surface area contributed by atoms with E-state index >= 15 is 0 Å². The average Bonchev–Trinajstić information content (AvgIpc) is 2.72. The molecule has 27 heavy (non-hydrogen) atoms. The van der Waals surface area contributed by atoms with Crippen LogP contribution in [0.25, 0.3) is 10.9 Å². The van der Waals surface area contributed by atoms with Gasteiger partial charge in [-0.1, -0.05) is 18.2 Å². The summed E-state index contributed by atoms with van der Waals surface area (Å²) in [5, 5.41) is 10.9. The quantitative estimate of drug-likeness (QED) is 0.736. The number of para-hydroxylation sites is 1. The maximum absolute atomic E-state index is 13.0. The number of rotatable bonds is 5. The zero-order valence-electron chi connectivity index (χ0n) is 15.1. The van der Waals surface area contributed by atoms with Crippen LogP contribution in [-0.4, -0.2) is 29.8 Å². The lowest BCUT2D eigenvalue weighted by Crippen LogP contribution is -2.38. The van der Waals surface area contributed by atoms with Crippen molar-refractivity contribution >= 4 is 16.7 Å². The van der Waals surface area contributed by atoms with Crippen LogP contribution < -0.4 is 9.64 Å². The number of anilines is 1. The summed E-state index contributed by atoms with van der Waals surface area (Å²) < 4.78 is 18.9. The molecule has 1 N–H and O–H groups in total. The fraction of sp³-hybridized carbons (Fsp3) is 0.318. The summed E-state index contributed by atoms with van der Waals surface area (Å²) in [6.45, 7) is 2.31. The first-order valence-electron chi connectivity index (χ1n) is 9.36. The molecule has 3 aromatic rings. The highest BCUT2D eigenvalue weighted by atomic mass is 19.1. The minimum Gasteiger partial charge on any atom is -0.493 e. The van der Waals surface area contributed by atoms with Gasteiger partial charge in [0.15, 0.2) is 0 Å². The number of halogens is 1. The van der Waals surface area contributed by atoms with Crippen molar-refractivity contribution in [3.8, 4) is 5.75 Å². The zero-order chi connectivity index (χ0) is 18.6. The smallest absolute Gasteiger partial charge is 0.134 e. The number of aliphatic hydroxyl groups excluding tert-OH is 1. The molecular formula is C22H23FN2O2. The first kappa shape index (κ1) is 17.7. The first-order chi connectivity index (χ1) is 13.2. The molecule has 1 saturated heterocycles. The van der Waals surface area contributed by atoms with Crippen LogP contribution in [0.4, 0.5) is 10.2 Å². The van der Waals surface area contributed by atoms with Gasteiger partial charge in [0.25, 0.3) is 0 Å². The summed E-state index contributed by atoms with van der Waals surface area (Å²) in [6.07, 6.45) is 2.14. The van der Waals surface area contributed by atoms with Crippen LogP contribution in [0.1, 0.15) is 18.4 Å². The average molecular weight is 366 g/mol. The van der Waals surface area contributed by atoms with Gasteiger partial charge >= 0.3 is 0 Å². The minimum atomic E-state index is -0.259. The van der Waals surface area contributed by atoms with Crippen LogP contribution >= 0.6 is 0 Å². The maximum Gasteiger partial charge on any atom is 0.134 e. The lowest BCUT2D eigenvalue weighted by Gasteiger charge is -2.34. The van der Waals surface area contributed by atoms with Crippen molar-refractivity contribution in [3.63, 3.8) is 0 Å². The van der Waals surface area contributed by atoms with E-state index in [0.29, 0.717) is 18.3 Å². The van der Waals surface area contributed by atoms with Gasteiger partial charge in [-0.3, -0.25) is 0 Å². The highest BCUT2D eigenvalue weighted by Gasteiger charge is 2.23. The molecule has 1 aliphatic heterocycles. The molecule has 1 aliphatic rings. The maximum atomic E-state index is 13.0. The number of piperidine rings is 1. The van der Waals surface area contributed by atoms with Crippen molar-refractivity contribution in [2.24, 2.45) is 5.92 Å². The third kappa shape index (κ3) is 4.03. The number of hydrogen-bond acceptors (Lipinski definition) is 4. The van der Waals surface area contributed by atoms with E-state index in [-0.39, 0.29) is 12.4 Å². The third-order valence-electron chi connectivity index (χ3n) is 5.07. The first-order valence-corrected chi connectivity index (χ1v) is 9.36. The minimum absolute atomic E-state index is 0.0274. The largest absolute Gasteiger partial charge is 0.493 e. The van der Waals surface area contributed by atoms with Crippen molar-refractivity contribution in [2.45, 2.75) is 19.4 Å². The molecule has 5 heteroatoms. The Balaban J connectivity index is 1.49. The predicted octanol–water partition coefficient (Wildman–Crippen LogP) is 4.16. The van der Waals surface area contributed by atoms with Crippen molar-refractivity contribution in [1.29, 1.82) is 0 Å². The van der Waals surface area contributed by atoms with Gasteiger partial charge in [0.1, 0.15) is 17.4 Å². The summed E-state index contributed by atoms with van der Waals surface area (Å²) in [7, 11) is 0. The number of pyridine rings is 1. The highest BCUT2D eigenvalue weighted by molar-refractivity contribution is 5.81. The molecule has 1 aromatic heterocycles. The number of benzene rings is 2. The van der Waals surface area contributed by atoms with Gasteiger partial charge in [0.2, 0.25) is 0 Å². The van der Waals surface area contributed by atoms with E-state index in [1.54, 1.807) is 12.1 Å². The van der Waals surface area contributed by atoms with Crippen molar-refractivity contribution in [3.05, 3.63) is 66.0 Å². The molecular weight excluding hydrogens is 343 g/mol. The monoisotopic (exact) mass is 366 g/mol. The number of hydrogen-bond donors (Lipinski definition) is 1. The molecule has 0 spiro atoms. The van der Waals surface area contributed by atoms with Crippen LogP contribution in [0.3, 0.4) is 0 Å². The summed E-state index contributed by atoms with van der Waals surface area (Å²) in [6, 6.07) is 16.1. The van der Waals surface area contributed by atoms with E-state index in [1.165, 1.54) is 12.1 Å². The van der Waals surface area contributed by atoms with E-state index in [2.05, 4.69) is 4.90 Å². The molecule has 1 atom stereocenters. The predicted molar refractivity (Wildman–Crippen MR) is 104 cm³/mol. The summed E-state index contributed by atoms with van der Waals surface area (Å²) >= 11 is 0. The van der Waals surface area contributed by atoms with Crippen LogP contribution in [0.5, 0.6) is 5.75 Å². The van der Waals surface area contributed by atoms with E-state index < -0.39 is 0 Å². The lowest BCUT2D eigenvalue weighted by atomic mass is 9.98. The molecule has 0 radical (unpaired) electrons. The third-order valence-corrected chi connectivity index (χ3v) is 5.07. The summed E-state index contributed by atoms with van der Waals surface area (Å²) in [5.41, 5.74) is 1.79. The number of fused-ring (bicyclic) bond motifs is 1. The Kier molecular flexibility index (Phi) is 5.21. The molecule has 140 valence electrons. The van der Waals surface area contributed by atoms with Gasteiger partial charge < -0.3 is 14.7 Å². The standard InChI is InChI=1S/C22H23FN2O2/c23-19-7-9-20(10-8-19)27-15-16-4-3-11-25(13-16)22-18(14-26)12-17-5-1-2-6-21(17)24-22/h1-2,5-10,12,16,26H,3-4,11,13-15H2/t16-/m0/s1. The number of aliphatic hydroxyl groups is 1. The molecule has 1 fully saturated rings. The Morgan fingerprint density at radius 2 is 1.96 bits per heavy atom. The molecule has 4 nitrogen and oxygen atoms in total. The summed E-state index contributed by atoms with van der Waals surface area (Å²) in [5.74, 6) is 1.66. The molecule has 0 amide bonds. The Labute approximate surface area is 158 Å². The van der Waals surface area contributed by atoms with Gasteiger partial charge in [0, 0.05) is 30.0 Å². The van der Waals surface area contributed by atoms with E-state index in [9.17, 15) is 9.50 Å². The van der Waals surface area contributed by atoms with E-state index in [0.717, 1.165) is 48.2 Å². The molecule has 2 aromatic carbocycles. The van der Waals surface area contributed by atoms with Crippen LogP contribution in [0, 0.1) is 11.7 Å². The van der Waals surface area contributed by atoms with Crippen molar-refractivity contribution in [2.75, 3.05) is 24.6 Å². The zero-order valence-corrected chi connectivity index (χ0v) is 15.1. The molecule has 0 aliphatic carbocycles. The van der Waals surface area contributed by atoms with Gasteiger partial charge in [-0.2, -0.15) is 0 Å². The second-order valence-corrected chi connectivity index (χ2v) is 7.04. The van der Waals surface area contributed by atoms with Crippen LogP contribution in [-0.2, 0) is 6.61 Å². The highest BCUT2D eigenvalue weighted by Crippen LogP contribution is 2.28. The van der Waals surface area contributed by atoms with Gasteiger partial charge in [-0.05, 0) is 49.2 Å². The topological polar surface area (TPSA) is 45.6 Å². The summed E-state index contributed by atoms with van der Waals surface area (Å²) in [4.78, 5) is 7.07. The Morgan fingerprint density at radius 3 is 2.78 bits per heavy atom. The fourth-order valence-corrected chi connectivity index (χ4v) is 3.68. The SMILES string of the molecule is OCc1cc2ccccc2nc1N1CCC[C@H](COc2ccc(F)cc2)C1. The van der Waals surface area contributed by atoms with Crippen molar-refractivity contribution in [1.82, 2.24) is 4.98 Å². The lowest BCUT2D eigenvalue weighted by molar-refractivity contribution is 0.227. The normalized spacial score (nSPS) is 17.3. The van der Waals surface area contributed by atoms with E-state index in [1.807, 2.05) is 30.3 Å². The Bertz CT molecular complexity index is 914. The van der Waals surface area contributed by atoms with Gasteiger partial charge in [-0.25, -0.2) is 9.37 Å². The number of nitrogens with zero attached hydrogens (tertiary/aromatic N) is 2. The van der Waals surface area contributed by atoms with Gasteiger partial charge in [0.05, 0.1) is 18.7 Å².